The molecule has 2 aliphatic rings. The molecule has 5 heteroatoms. The number of hydrogen-bond donors (Lipinski definition) is 2. The van der Waals surface area contributed by atoms with E-state index in [1.165, 1.54) is 11.1 Å². The van der Waals surface area contributed by atoms with Gasteiger partial charge in [-0.25, -0.2) is 4.79 Å². The fourth-order valence-electron chi connectivity index (χ4n) is 3.49. The van der Waals surface area contributed by atoms with E-state index in [1.807, 2.05) is 24.3 Å². The molecule has 5 nitrogen and oxygen atoms in total. The summed E-state index contributed by atoms with van der Waals surface area (Å²) in [4.78, 5) is 12.3. The minimum atomic E-state index is -0.142. The SMILES string of the molecule is O=C(NCc1ccc2c(c1)OCCO2)NC1CCCc2ccccc21. The Morgan fingerprint density at radius 2 is 1.92 bits per heavy atom. The quantitative estimate of drug-likeness (QED) is 0.902. The molecule has 0 aromatic heterocycles. The van der Waals surface area contributed by atoms with Crippen LogP contribution in [0, 0.1) is 0 Å². The van der Waals surface area contributed by atoms with Crippen LogP contribution in [0.1, 0.15) is 35.6 Å². The zero-order valence-electron chi connectivity index (χ0n) is 14.1. The molecule has 2 N–H and O–H groups in total. The highest BCUT2D eigenvalue weighted by molar-refractivity contribution is 5.74. The number of amides is 2. The summed E-state index contributed by atoms with van der Waals surface area (Å²) in [6.07, 6.45) is 3.17. The van der Waals surface area contributed by atoms with E-state index in [-0.39, 0.29) is 12.1 Å². The Hall–Kier alpha value is -2.69. The maximum Gasteiger partial charge on any atom is 0.315 e. The molecule has 25 heavy (non-hydrogen) atoms. The van der Waals surface area contributed by atoms with E-state index < -0.39 is 0 Å². The van der Waals surface area contributed by atoms with E-state index in [9.17, 15) is 4.79 Å². The molecular weight excluding hydrogens is 316 g/mol. The summed E-state index contributed by atoms with van der Waals surface area (Å²) < 4.78 is 11.1. The molecule has 0 spiro atoms. The molecule has 0 bridgehead atoms. The zero-order chi connectivity index (χ0) is 17.1. The van der Waals surface area contributed by atoms with Crippen LogP contribution in [0.15, 0.2) is 42.5 Å². The lowest BCUT2D eigenvalue weighted by atomic mass is 9.88. The summed E-state index contributed by atoms with van der Waals surface area (Å²) in [5, 5.41) is 6.04. The van der Waals surface area contributed by atoms with Crippen LogP contribution in [-0.2, 0) is 13.0 Å². The van der Waals surface area contributed by atoms with Crippen molar-refractivity contribution < 1.29 is 14.3 Å². The van der Waals surface area contributed by atoms with Gasteiger partial charge in [0.2, 0.25) is 0 Å². The number of rotatable bonds is 3. The van der Waals surface area contributed by atoms with Gasteiger partial charge in [-0.1, -0.05) is 30.3 Å². The summed E-state index contributed by atoms with van der Waals surface area (Å²) in [5.74, 6) is 1.51. The third-order valence-corrected chi connectivity index (χ3v) is 4.73. The average molecular weight is 338 g/mol. The topological polar surface area (TPSA) is 59.6 Å². The van der Waals surface area contributed by atoms with E-state index in [0.29, 0.717) is 19.8 Å². The molecule has 1 heterocycles. The molecule has 2 aromatic rings. The van der Waals surface area contributed by atoms with Crippen LogP contribution >= 0.6 is 0 Å². The van der Waals surface area contributed by atoms with Crippen molar-refractivity contribution in [3.8, 4) is 11.5 Å². The number of aryl methyl sites for hydroxylation is 1. The van der Waals surface area contributed by atoms with Crippen molar-refractivity contribution in [3.05, 3.63) is 59.2 Å². The van der Waals surface area contributed by atoms with Gasteiger partial charge in [0.1, 0.15) is 13.2 Å². The van der Waals surface area contributed by atoms with E-state index >= 15 is 0 Å². The molecule has 1 atom stereocenters. The number of carbonyl (C=O) groups excluding carboxylic acids is 1. The first-order valence-electron chi connectivity index (χ1n) is 8.80. The molecule has 1 unspecified atom stereocenters. The standard InChI is InChI=1S/C20H22N2O3/c23-20(22-17-7-3-5-15-4-1-2-6-16(15)17)21-13-14-8-9-18-19(12-14)25-11-10-24-18/h1-2,4,6,8-9,12,17H,3,5,7,10-11,13H2,(H2,21,22,23). The molecule has 130 valence electrons. The van der Waals surface area contributed by atoms with Gasteiger partial charge in [0, 0.05) is 6.54 Å². The largest absolute Gasteiger partial charge is 0.486 e. The van der Waals surface area contributed by atoms with Crippen LogP contribution < -0.4 is 20.1 Å². The molecule has 2 aromatic carbocycles. The van der Waals surface area contributed by atoms with Crippen molar-refractivity contribution in [1.29, 1.82) is 0 Å². The summed E-state index contributed by atoms with van der Waals surface area (Å²) in [6.45, 7) is 1.60. The number of hydrogen-bond acceptors (Lipinski definition) is 3. The first-order chi connectivity index (χ1) is 12.3. The van der Waals surface area contributed by atoms with Crippen LogP contribution in [0.25, 0.3) is 0 Å². The first-order valence-corrected chi connectivity index (χ1v) is 8.80. The van der Waals surface area contributed by atoms with Gasteiger partial charge >= 0.3 is 6.03 Å². The molecule has 0 saturated carbocycles. The second kappa shape index (κ2) is 7.05. The molecule has 4 rings (SSSR count). The number of benzene rings is 2. The van der Waals surface area contributed by atoms with Gasteiger partial charge in [-0.3, -0.25) is 0 Å². The lowest BCUT2D eigenvalue weighted by molar-refractivity contribution is 0.171. The summed E-state index contributed by atoms with van der Waals surface area (Å²) >= 11 is 0. The predicted octanol–water partition coefficient (Wildman–Crippen LogP) is 3.33. The lowest BCUT2D eigenvalue weighted by Crippen LogP contribution is -2.38. The van der Waals surface area contributed by atoms with Crippen molar-refractivity contribution >= 4 is 6.03 Å². The van der Waals surface area contributed by atoms with Gasteiger partial charge in [-0.15, -0.1) is 0 Å². The Labute approximate surface area is 147 Å². The lowest BCUT2D eigenvalue weighted by Gasteiger charge is -2.26. The van der Waals surface area contributed by atoms with Crippen molar-refractivity contribution in [2.75, 3.05) is 13.2 Å². The molecule has 2 amide bonds. The van der Waals surface area contributed by atoms with E-state index in [0.717, 1.165) is 36.3 Å². The number of urea groups is 1. The van der Waals surface area contributed by atoms with Gasteiger partial charge in [-0.2, -0.15) is 0 Å². The zero-order valence-corrected chi connectivity index (χ0v) is 14.1. The number of fused-ring (bicyclic) bond motifs is 2. The highest BCUT2D eigenvalue weighted by atomic mass is 16.6. The molecule has 0 saturated heterocycles. The van der Waals surface area contributed by atoms with Gasteiger partial charge in [0.15, 0.2) is 11.5 Å². The maximum atomic E-state index is 12.3. The van der Waals surface area contributed by atoms with Crippen molar-refractivity contribution in [2.45, 2.75) is 31.8 Å². The Morgan fingerprint density at radius 3 is 2.84 bits per heavy atom. The summed E-state index contributed by atoms with van der Waals surface area (Å²) in [5.41, 5.74) is 3.57. The fourth-order valence-corrected chi connectivity index (χ4v) is 3.49. The van der Waals surface area contributed by atoms with Crippen LogP contribution in [0.3, 0.4) is 0 Å². The number of ether oxygens (including phenoxy) is 2. The third kappa shape index (κ3) is 3.55. The van der Waals surface area contributed by atoms with Crippen molar-refractivity contribution in [3.63, 3.8) is 0 Å². The Morgan fingerprint density at radius 1 is 1.08 bits per heavy atom. The van der Waals surface area contributed by atoms with Gasteiger partial charge in [0.05, 0.1) is 6.04 Å². The number of nitrogens with one attached hydrogen (secondary N) is 2. The van der Waals surface area contributed by atoms with Gasteiger partial charge in [0.25, 0.3) is 0 Å². The van der Waals surface area contributed by atoms with Crippen LogP contribution in [0.2, 0.25) is 0 Å². The molecular formula is C20H22N2O3. The van der Waals surface area contributed by atoms with Crippen LogP contribution in [0.4, 0.5) is 4.79 Å². The molecule has 1 aliphatic carbocycles. The maximum absolute atomic E-state index is 12.3. The first kappa shape index (κ1) is 15.8. The monoisotopic (exact) mass is 338 g/mol. The average Bonchev–Trinajstić information content (AvgIpc) is 2.66. The van der Waals surface area contributed by atoms with Crippen LogP contribution in [-0.4, -0.2) is 19.2 Å². The van der Waals surface area contributed by atoms with Gasteiger partial charge < -0.3 is 20.1 Å². The van der Waals surface area contributed by atoms with Crippen molar-refractivity contribution in [2.24, 2.45) is 0 Å². The summed E-state index contributed by atoms with van der Waals surface area (Å²) in [7, 11) is 0. The Kier molecular flexibility index (Phi) is 4.46. The summed E-state index contributed by atoms with van der Waals surface area (Å²) in [6, 6.07) is 14.1. The fraction of sp³-hybridized carbons (Fsp3) is 0.350. The van der Waals surface area contributed by atoms with Crippen LogP contribution in [0.5, 0.6) is 11.5 Å². The second-order valence-electron chi connectivity index (χ2n) is 6.45. The Bertz CT molecular complexity index is 775. The molecule has 0 fully saturated rings. The highest BCUT2D eigenvalue weighted by Gasteiger charge is 2.21. The predicted molar refractivity (Wildman–Crippen MR) is 94.9 cm³/mol. The van der Waals surface area contributed by atoms with E-state index in [1.54, 1.807) is 0 Å². The number of carbonyl (C=O) groups is 1. The highest BCUT2D eigenvalue weighted by Crippen LogP contribution is 2.31. The van der Waals surface area contributed by atoms with E-state index in [4.69, 9.17) is 9.47 Å². The smallest absolute Gasteiger partial charge is 0.315 e. The third-order valence-electron chi connectivity index (χ3n) is 4.73. The molecule has 0 radical (unpaired) electrons. The van der Waals surface area contributed by atoms with Crippen molar-refractivity contribution in [1.82, 2.24) is 10.6 Å². The minimum absolute atomic E-state index is 0.0882. The van der Waals surface area contributed by atoms with E-state index in [2.05, 4.69) is 28.8 Å². The molecule has 1 aliphatic heterocycles. The Balaban J connectivity index is 1.36. The minimum Gasteiger partial charge on any atom is -0.486 e. The van der Waals surface area contributed by atoms with Gasteiger partial charge in [-0.05, 0) is 48.1 Å². The second-order valence-corrected chi connectivity index (χ2v) is 6.45. The normalized spacial score (nSPS) is 18.2.